The van der Waals surface area contributed by atoms with Crippen LogP contribution < -0.4 is 0 Å². The molecule has 1 N–H and O–H groups in total. The molecule has 0 aliphatic heterocycles. The van der Waals surface area contributed by atoms with Crippen LogP contribution in [0.4, 0.5) is 0 Å². The van der Waals surface area contributed by atoms with Crippen molar-refractivity contribution < 1.29 is 9.90 Å². The Labute approximate surface area is 122 Å². The first-order chi connectivity index (χ1) is 9.36. The molecule has 4 rings (SSSR count). The van der Waals surface area contributed by atoms with Gasteiger partial charge in [0.1, 0.15) is 0 Å². The quantitative estimate of drug-likeness (QED) is 0.776. The lowest BCUT2D eigenvalue weighted by atomic mass is 9.54. The van der Waals surface area contributed by atoms with Crippen LogP contribution in [-0.4, -0.2) is 11.1 Å². The van der Waals surface area contributed by atoms with E-state index in [1.165, 1.54) is 12.8 Å². The highest BCUT2D eigenvalue weighted by Crippen LogP contribution is 2.75. The highest BCUT2D eigenvalue weighted by Gasteiger charge is 2.70. The lowest BCUT2D eigenvalue weighted by molar-refractivity contribution is -0.143. The second-order valence-electron chi connectivity index (χ2n) is 8.81. The molecular formula is C18H28O2. The number of aliphatic carboxylic acids is 1. The molecule has 112 valence electrons. The third kappa shape index (κ3) is 1.30. The molecular weight excluding hydrogens is 248 g/mol. The molecule has 4 saturated carbocycles. The minimum atomic E-state index is -0.590. The maximum Gasteiger partial charge on any atom is 0.303 e. The average Bonchev–Trinajstić information content (AvgIpc) is 3.02. The van der Waals surface area contributed by atoms with Gasteiger partial charge in [0.15, 0.2) is 0 Å². The fraction of sp³-hybridized carbons (Fsp3) is 0.944. The van der Waals surface area contributed by atoms with E-state index in [1.807, 2.05) is 0 Å². The van der Waals surface area contributed by atoms with E-state index in [4.69, 9.17) is 0 Å². The van der Waals surface area contributed by atoms with E-state index >= 15 is 0 Å². The van der Waals surface area contributed by atoms with E-state index in [9.17, 15) is 9.90 Å². The van der Waals surface area contributed by atoms with Gasteiger partial charge in [-0.3, -0.25) is 4.79 Å². The van der Waals surface area contributed by atoms with E-state index in [0.29, 0.717) is 18.3 Å². The molecule has 4 bridgehead atoms. The summed E-state index contributed by atoms with van der Waals surface area (Å²) < 4.78 is 0. The van der Waals surface area contributed by atoms with Gasteiger partial charge in [-0.25, -0.2) is 0 Å². The number of fused-ring (bicyclic) bond motifs is 9. The molecule has 4 aliphatic rings. The van der Waals surface area contributed by atoms with Crippen molar-refractivity contribution in [1.29, 1.82) is 0 Å². The minimum Gasteiger partial charge on any atom is -0.481 e. The highest BCUT2D eigenvalue weighted by molar-refractivity contribution is 5.68. The van der Waals surface area contributed by atoms with Crippen molar-refractivity contribution in [3.05, 3.63) is 0 Å². The van der Waals surface area contributed by atoms with Crippen LogP contribution in [0.15, 0.2) is 0 Å². The van der Waals surface area contributed by atoms with Gasteiger partial charge in [-0.15, -0.1) is 0 Å². The molecule has 20 heavy (non-hydrogen) atoms. The van der Waals surface area contributed by atoms with Gasteiger partial charge in [0, 0.05) is 0 Å². The Morgan fingerprint density at radius 2 is 1.65 bits per heavy atom. The standard InChI is InChI=1S/C18H28O2/c1-8-9(2)12-5-11(8)16-13-6-14(17(12)16)18(4,10(13)3)7-15(19)20/h8-14,16-17H,5-7H2,1-4H3,(H,19,20). The number of carboxylic acids is 1. The first kappa shape index (κ1) is 13.2. The fourth-order valence-electron chi connectivity index (χ4n) is 7.58. The summed E-state index contributed by atoms with van der Waals surface area (Å²) in [6.07, 6.45) is 3.16. The van der Waals surface area contributed by atoms with Gasteiger partial charge < -0.3 is 5.11 Å². The molecule has 10 atom stereocenters. The Hall–Kier alpha value is -0.530. The van der Waals surface area contributed by atoms with Crippen LogP contribution in [0, 0.1) is 58.7 Å². The summed E-state index contributed by atoms with van der Waals surface area (Å²) in [5, 5.41) is 9.35. The molecule has 0 heterocycles. The fourth-order valence-corrected chi connectivity index (χ4v) is 7.58. The topological polar surface area (TPSA) is 37.3 Å². The van der Waals surface area contributed by atoms with Gasteiger partial charge >= 0.3 is 5.97 Å². The zero-order valence-electron chi connectivity index (χ0n) is 13.2. The van der Waals surface area contributed by atoms with Gasteiger partial charge in [-0.05, 0) is 71.5 Å². The Balaban J connectivity index is 1.69. The first-order valence-corrected chi connectivity index (χ1v) is 8.58. The summed E-state index contributed by atoms with van der Waals surface area (Å²) in [5.41, 5.74) is 0.0606. The van der Waals surface area contributed by atoms with E-state index < -0.39 is 5.97 Å². The average molecular weight is 276 g/mol. The van der Waals surface area contributed by atoms with Gasteiger partial charge in [-0.2, -0.15) is 0 Å². The van der Waals surface area contributed by atoms with Crippen LogP contribution in [-0.2, 0) is 4.79 Å². The molecule has 2 nitrogen and oxygen atoms in total. The largest absolute Gasteiger partial charge is 0.481 e. The Bertz CT molecular complexity index is 458. The van der Waals surface area contributed by atoms with Gasteiger partial charge in [0.2, 0.25) is 0 Å². The molecule has 10 unspecified atom stereocenters. The number of carbonyl (C=O) groups is 1. The van der Waals surface area contributed by atoms with Crippen LogP contribution in [0.3, 0.4) is 0 Å². The lowest BCUT2D eigenvalue weighted by Crippen LogP contribution is -2.47. The molecule has 4 aliphatic carbocycles. The van der Waals surface area contributed by atoms with Crippen molar-refractivity contribution in [2.45, 2.75) is 47.0 Å². The molecule has 0 aromatic heterocycles. The smallest absolute Gasteiger partial charge is 0.303 e. The maximum absolute atomic E-state index is 11.4. The molecule has 4 fully saturated rings. The third-order valence-electron chi connectivity index (χ3n) is 8.70. The predicted molar refractivity (Wildman–Crippen MR) is 78.0 cm³/mol. The normalized spacial score (nSPS) is 62.9. The van der Waals surface area contributed by atoms with E-state index in [2.05, 4.69) is 27.7 Å². The summed E-state index contributed by atoms with van der Waals surface area (Å²) in [5.74, 6) is 6.93. The summed E-state index contributed by atoms with van der Waals surface area (Å²) in [4.78, 5) is 11.4. The molecule has 0 saturated heterocycles. The highest BCUT2D eigenvalue weighted by atomic mass is 16.4. The first-order valence-electron chi connectivity index (χ1n) is 8.58. The van der Waals surface area contributed by atoms with E-state index in [-0.39, 0.29) is 5.41 Å². The van der Waals surface area contributed by atoms with Crippen LogP contribution >= 0.6 is 0 Å². The van der Waals surface area contributed by atoms with Crippen LogP contribution in [0.1, 0.15) is 47.0 Å². The van der Waals surface area contributed by atoms with Crippen LogP contribution in [0.25, 0.3) is 0 Å². The van der Waals surface area contributed by atoms with Gasteiger partial charge in [-0.1, -0.05) is 27.7 Å². The van der Waals surface area contributed by atoms with E-state index in [0.717, 1.165) is 41.4 Å². The van der Waals surface area contributed by atoms with Crippen molar-refractivity contribution in [1.82, 2.24) is 0 Å². The zero-order valence-corrected chi connectivity index (χ0v) is 13.2. The van der Waals surface area contributed by atoms with Crippen LogP contribution in [0.5, 0.6) is 0 Å². The number of carboxylic acid groups (broad SMARTS) is 1. The summed E-state index contributed by atoms with van der Waals surface area (Å²) in [7, 11) is 0. The minimum absolute atomic E-state index is 0.0606. The van der Waals surface area contributed by atoms with Crippen molar-refractivity contribution in [2.24, 2.45) is 58.7 Å². The summed E-state index contributed by atoms with van der Waals surface area (Å²) in [6, 6.07) is 0. The predicted octanol–water partition coefficient (Wildman–Crippen LogP) is 3.91. The molecule has 0 aromatic carbocycles. The molecule has 0 amide bonds. The Morgan fingerprint density at radius 1 is 1.05 bits per heavy atom. The Kier molecular flexibility index (Phi) is 2.51. The van der Waals surface area contributed by atoms with Crippen molar-refractivity contribution in [2.75, 3.05) is 0 Å². The maximum atomic E-state index is 11.4. The third-order valence-corrected chi connectivity index (χ3v) is 8.70. The summed E-state index contributed by atoms with van der Waals surface area (Å²) in [6.45, 7) is 9.56. The lowest BCUT2D eigenvalue weighted by Gasteiger charge is -2.50. The second-order valence-corrected chi connectivity index (χ2v) is 8.81. The van der Waals surface area contributed by atoms with Crippen molar-refractivity contribution in [3.8, 4) is 0 Å². The Morgan fingerprint density at radius 3 is 2.25 bits per heavy atom. The van der Waals surface area contributed by atoms with Gasteiger partial charge in [0.25, 0.3) is 0 Å². The molecule has 0 spiro atoms. The SMILES string of the molecule is CC1C(C)C2CC1C1C3CC(C21)C(C)(CC(=O)O)C3C. The molecule has 2 heteroatoms. The molecule has 0 radical (unpaired) electrons. The van der Waals surface area contributed by atoms with Gasteiger partial charge in [0.05, 0.1) is 6.42 Å². The molecule has 0 aromatic rings. The monoisotopic (exact) mass is 276 g/mol. The number of hydrogen-bond donors (Lipinski definition) is 1. The van der Waals surface area contributed by atoms with E-state index in [1.54, 1.807) is 0 Å². The second kappa shape index (κ2) is 3.81. The summed E-state index contributed by atoms with van der Waals surface area (Å²) >= 11 is 0. The number of hydrogen-bond acceptors (Lipinski definition) is 1. The van der Waals surface area contributed by atoms with Crippen molar-refractivity contribution in [3.63, 3.8) is 0 Å². The van der Waals surface area contributed by atoms with Crippen LogP contribution in [0.2, 0.25) is 0 Å². The zero-order chi connectivity index (χ0) is 14.4. The van der Waals surface area contributed by atoms with Crippen molar-refractivity contribution >= 4 is 5.97 Å². The number of rotatable bonds is 2.